The van der Waals surface area contributed by atoms with Crippen LogP contribution >= 0.6 is 0 Å². The van der Waals surface area contributed by atoms with Gasteiger partial charge >= 0.3 is 0 Å². The van der Waals surface area contributed by atoms with Gasteiger partial charge < -0.3 is 14.4 Å². The lowest BCUT2D eigenvalue weighted by Gasteiger charge is -2.34. The van der Waals surface area contributed by atoms with Crippen molar-refractivity contribution >= 4 is 5.91 Å². The van der Waals surface area contributed by atoms with Crippen LogP contribution in [0.3, 0.4) is 0 Å². The number of nitrogens with zero attached hydrogens (tertiary/aromatic N) is 2. The van der Waals surface area contributed by atoms with Gasteiger partial charge in [-0.25, -0.2) is 0 Å². The molecule has 0 aliphatic carbocycles. The van der Waals surface area contributed by atoms with Crippen molar-refractivity contribution in [3.05, 3.63) is 29.8 Å². The maximum absolute atomic E-state index is 12.6. The molecule has 25 heavy (non-hydrogen) atoms. The quantitative estimate of drug-likeness (QED) is 0.840. The molecule has 136 valence electrons. The van der Waals surface area contributed by atoms with Crippen LogP contribution in [0.4, 0.5) is 0 Å². The minimum Gasteiger partial charge on any atom is -0.497 e. The van der Waals surface area contributed by atoms with E-state index in [4.69, 9.17) is 9.47 Å². The third-order valence-electron chi connectivity index (χ3n) is 5.87. The Morgan fingerprint density at radius 2 is 2.12 bits per heavy atom. The zero-order chi connectivity index (χ0) is 17.2. The first-order valence-corrected chi connectivity index (χ1v) is 9.52. The molecule has 4 rings (SSSR count). The van der Waals surface area contributed by atoms with E-state index in [1.54, 1.807) is 7.11 Å². The highest BCUT2D eigenvalue weighted by atomic mass is 16.5. The molecule has 3 heterocycles. The van der Waals surface area contributed by atoms with Crippen LogP contribution in [0.25, 0.3) is 0 Å². The average molecular weight is 344 g/mol. The third kappa shape index (κ3) is 3.67. The number of fused-ring (bicyclic) bond motifs is 1. The highest BCUT2D eigenvalue weighted by molar-refractivity contribution is 5.81. The summed E-state index contributed by atoms with van der Waals surface area (Å²) in [4.78, 5) is 17.0. The molecule has 0 spiro atoms. The summed E-state index contributed by atoms with van der Waals surface area (Å²) >= 11 is 0. The minimum absolute atomic E-state index is 0.204. The van der Waals surface area contributed by atoms with Gasteiger partial charge in [0.2, 0.25) is 0 Å². The Morgan fingerprint density at radius 1 is 1.28 bits per heavy atom. The fraction of sp³-hybridized carbons (Fsp3) is 0.650. The fourth-order valence-electron chi connectivity index (χ4n) is 4.47. The van der Waals surface area contributed by atoms with Gasteiger partial charge in [0.15, 0.2) is 0 Å². The van der Waals surface area contributed by atoms with Gasteiger partial charge in [-0.3, -0.25) is 9.69 Å². The summed E-state index contributed by atoms with van der Waals surface area (Å²) < 4.78 is 11.5. The number of benzene rings is 1. The molecular weight excluding hydrogens is 316 g/mol. The number of amides is 1. The summed E-state index contributed by atoms with van der Waals surface area (Å²) in [7, 11) is 1.70. The fourth-order valence-corrected chi connectivity index (χ4v) is 4.47. The van der Waals surface area contributed by atoms with E-state index in [9.17, 15) is 4.79 Å². The Labute approximate surface area is 149 Å². The Kier molecular flexibility index (Phi) is 4.95. The van der Waals surface area contributed by atoms with E-state index in [0.29, 0.717) is 5.92 Å². The molecule has 3 aliphatic rings. The minimum atomic E-state index is -0.204. The maximum atomic E-state index is 12.6. The molecule has 3 aliphatic heterocycles. The third-order valence-corrected chi connectivity index (χ3v) is 5.87. The standard InChI is InChI=1S/C20H28N2O3/c1-24-17-6-4-5-15(11-17)13-21-10-7-16-12-18(25-19(16)14-21)20(23)22-8-2-3-9-22/h4-6,11,16,18-19H,2-3,7-10,12-14H2,1H3/t16-,18+,19+/m1/s1. The summed E-state index contributed by atoms with van der Waals surface area (Å²) in [5, 5.41) is 0. The van der Waals surface area contributed by atoms with E-state index in [1.165, 1.54) is 5.56 Å². The number of piperidine rings is 1. The number of hydrogen-bond acceptors (Lipinski definition) is 4. The Morgan fingerprint density at radius 3 is 2.92 bits per heavy atom. The van der Waals surface area contributed by atoms with Gasteiger partial charge in [-0.15, -0.1) is 0 Å². The van der Waals surface area contributed by atoms with Crippen LogP contribution in [0.5, 0.6) is 5.75 Å². The van der Waals surface area contributed by atoms with Gasteiger partial charge in [-0.1, -0.05) is 12.1 Å². The Bertz CT molecular complexity index is 615. The molecule has 1 aromatic carbocycles. The number of ether oxygens (including phenoxy) is 2. The monoisotopic (exact) mass is 344 g/mol. The van der Waals surface area contributed by atoms with Crippen LogP contribution in [-0.4, -0.2) is 61.2 Å². The molecule has 1 aromatic rings. The summed E-state index contributed by atoms with van der Waals surface area (Å²) in [5.41, 5.74) is 1.26. The van der Waals surface area contributed by atoms with Gasteiger partial charge in [-0.2, -0.15) is 0 Å². The topological polar surface area (TPSA) is 42.0 Å². The van der Waals surface area contributed by atoms with Crippen molar-refractivity contribution < 1.29 is 14.3 Å². The number of likely N-dealkylation sites (tertiary alicyclic amines) is 2. The molecule has 3 saturated heterocycles. The van der Waals surface area contributed by atoms with Gasteiger partial charge in [0.05, 0.1) is 13.2 Å². The summed E-state index contributed by atoms with van der Waals surface area (Å²) in [6.07, 6.45) is 4.31. The molecule has 0 N–H and O–H groups in total. The number of methoxy groups -OCH3 is 1. The second-order valence-corrected chi connectivity index (χ2v) is 7.57. The van der Waals surface area contributed by atoms with Gasteiger partial charge in [-0.05, 0) is 55.8 Å². The van der Waals surface area contributed by atoms with E-state index in [1.807, 2.05) is 17.0 Å². The molecule has 0 bridgehead atoms. The first-order valence-electron chi connectivity index (χ1n) is 9.52. The number of hydrogen-bond donors (Lipinski definition) is 0. The van der Waals surface area contributed by atoms with Crippen molar-refractivity contribution in [1.82, 2.24) is 9.80 Å². The van der Waals surface area contributed by atoms with E-state index < -0.39 is 0 Å². The maximum Gasteiger partial charge on any atom is 0.251 e. The summed E-state index contributed by atoms with van der Waals surface area (Å²) in [6.45, 7) is 4.73. The van der Waals surface area contributed by atoms with E-state index >= 15 is 0 Å². The van der Waals surface area contributed by atoms with Gasteiger partial charge in [0, 0.05) is 26.2 Å². The molecule has 5 nitrogen and oxygen atoms in total. The second-order valence-electron chi connectivity index (χ2n) is 7.57. The molecule has 0 unspecified atom stereocenters. The van der Waals surface area contributed by atoms with Crippen LogP contribution in [0.2, 0.25) is 0 Å². The average Bonchev–Trinajstić information content (AvgIpc) is 3.30. The normalized spacial score (nSPS) is 29.6. The van der Waals surface area contributed by atoms with Crippen LogP contribution < -0.4 is 4.74 Å². The van der Waals surface area contributed by atoms with E-state index in [2.05, 4.69) is 17.0 Å². The largest absolute Gasteiger partial charge is 0.497 e. The van der Waals surface area contributed by atoms with Crippen LogP contribution in [-0.2, 0) is 16.1 Å². The van der Waals surface area contributed by atoms with Crippen molar-refractivity contribution in [2.45, 2.75) is 44.4 Å². The smallest absolute Gasteiger partial charge is 0.251 e. The molecule has 5 heteroatoms. The lowest BCUT2D eigenvalue weighted by atomic mass is 9.91. The predicted molar refractivity (Wildman–Crippen MR) is 95.5 cm³/mol. The van der Waals surface area contributed by atoms with Crippen LogP contribution in [0.1, 0.15) is 31.2 Å². The van der Waals surface area contributed by atoms with Gasteiger partial charge in [0.25, 0.3) is 5.91 Å². The molecule has 1 amide bonds. The number of carbonyl (C=O) groups excluding carboxylic acids is 1. The highest BCUT2D eigenvalue weighted by Crippen LogP contribution is 2.35. The lowest BCUT2D eigenvalue weighted by molar-refractivity contribution is -0.142. The van der Waals surface area contributed by atoms with E-state index in [-0.39, 0.29) is 18.1 Å². The van der Waals surface area contributed by atoms with Crippen LogP contribution in [0, 0.1) is 5.92 Å². The van der Waals surface area contributed by atoms with Gasteiger partial charge in [0.1, 0.15) is 11.9 Å². The molecule has 3 fully saturated rings. The number of carbonyl (C=O) groups is 1. The van der Waals surface area contributed by atoms with Crippen molar-refractivity contribution in [2.75, 3.05) is 33.3 Å². The Hall–Kier alpha value is -1.59. The summed E-state index contributed by atoms with van der Waals surface area (Å²) in [6, 6.07) is 8.26. The zero-order valence-corrected chi connectivity index (χ0v) is 15.0. The first kappa shape index (κ1) is 16.9. The SMILES string of the molecule is COc1cccc(CN2CC[C@@H]3C[C@@H](C(=O)N4CCCC4)O[C@H]3C2)c1. The Balaban J connectivity index is 1.34. The van der Waals surface area contributed by atoms with Crippen molar-refractivity contribution in [3.8, 4) is 5.75 Å². The second kappa shape index (κ2) is 7.34. The van der Waals surface area contributed by atoms with Crippen molar-refractivity contribution in [2.24, 2.45) is 5.92 Å². The number of rotatable bonds is 4. The highest BCUT2D eigenvalue weighted by Gasteiger charge is 2.43. The zero-order valence-electron chi connectivity index (χ0n) is 15.0. The lowest BCUT2D eigenvalue weighted by Crippen LogP contribution is -2.42. The van der Waals surface area contributed by atoms with Crippen molar-refractivity contribution in [3.63, 3.8) is 0 Å². The van der Waals surface area contributed by atoms with E-state index in [0.717, 1.165) is 64.2 Å². The van der Waals surface area contributed by atoms with Crippen molar-refractivity contribution in [1.29, 1.82) is 0 Å². The first-order chi connectivity index (χ1) is 12.2. The molecule has 0 saturated carbocycles. The predicted octanol–water partition coefficient (Wildman–Crippen LogP) is 2.30. The molecule has 0 aromatic heterocycles. The van der Waals surface area contributed by atoms with Crippen LogP contribution in [0.15, 0.2) is 24.3 Å². The molecule has 3 atom stereocenters. The summed E-state index contributed by atoms with van der Waals surface area (Å²) in [5.74, 6) is 1.67. The molecule has 0 radical (unpaired) electrons. The molecular formula is C20H28N2O3.